The zero-order valence-corrected chi connectivity index (χ0v) is 7.19. The van der Waals surface area contributed by atoms with E-state index in [1.165, 1.54) is 0 Å². The zero-order valence-electron chi connectivity index (χ0n) is 7.19. The van der Waals surface area contributed by atoms with Crippen molar-refractivity contribution in [1.82, 2.24) is 9.78 Å². The Morgan fingerprint density at radius 2 is 2.31 bits per heavy atom. The summed E-state index contributed by atoms with van der Waals surface area (Å²) >= 11 is 0. The maximum atomic E-state index is 10.9. The van der Waals surface area contributed by atoms with Crippen molar-refractivity contribution in [3.8, 4) is 0 Å². The first-order valence-electron chi connectivity index (χ1n) is 3.90. The molecule has 0 aliphatic carbocycles. The second-order valence-electron chi connectivity index (χ2n) is 2.91. The third kappa shape index (κ3) is 1.16. The van der Waals surface area contributed by atoms with Gasteiger partial charge in [-0.05, 0) is 12.1 Å². The Balaban J connectivity index is 2.72. The predicted molar refractivity (Wildman–Crippen MR) is 49.2 cm³/mol. The molecule has 2 N–H and O–H groups in total. The van der Waals surface area contributed by atoms with E-state index in [9.17, 15) is 4.79 Å². The van der Waals surface area contributed by atoms with Crippen molar-refractivity contribution in [1.29, 1.82) is 0 Å². The van der Waals surface area contributed by atoms with Gasteiger partial charge in [0.1, 0.15) is 0 Å². The van der Waals surface area contributed by atoms with E-state index in [2.05, 4.69) is 5.10 Å². The second kappa shape index (κ2) is 2.58. The lowest BCUT2D eigenvalue weighted by Gasteiger charge is -1.96. The monoisotopic (exact) mass is 175 g/mol. The number of hydrogen-bond acceptors (Lipinski definition) is 2. The molecule has 0 bridgehead atoms. The molecule has 0 aliphatic rings. The summed E-state index contributed by atoms with van der Waals surface area (Å²) in [7, 11) is 1.83. The Morgan fingerprint density at radius 1 is 1.54 bits per heavy atom. The fourth-order valence-electron chi connectivity index (χ4n) is 1.30. The van der Waals surface area contributed by atoms with Gasteiger partial charge in [-0.25, -0.2) is 0 Å². The average Bonchev–Trinajstić information content (AvgIpc) is 2.47. The van der Waals surface area contributed by atoms with Crippen LogP contribution in [-0.4, -0.2) is 15.7 Å². The topological polar surface area (TPSA) is 60.9 Å². The van der Waals surface area contributed by atoms with E-state index < -0.39 is 5.91 Å². The van der Waals surface area contributed by atoms with Crippen LogP contribution in [0.2, 0.25) is 0 Å². The molecule has 0 spiro atoms. The van der Waals surface area contributed by atoms with Gasteiger partial charge in [0.05, 0.1) is 11.7 Å². The van der Waals surface area contributed by atoms with Crippen LogP contribution in [0.1, 0.15) is 10.4 Å². The van der Waals surface area contributed by atoms with Crippen LogP contribution in [0.3, 0.4) is 0 Å². The second-order valence-corrected chi connectivity index (χ2v) is 2.91. The maximum absolute atomic E-state index is 10.9. The van der Waals surface area contributed by atoms with Crippen LogP contribution in [0, 0.1) is 0 Å². The third-order valence-corrected chi connectivity index (χ3v) is 2.03. The number of amides is 1. The number of carbonyl (C=O) groups is 1. The highest BCUT2D eigenvalue weighted by atomic mass is 16.1. The Hall–Kier alpha value is -1.84. The van der Waals surface area contributed by atoms with Crippen molar-refractivity contribution in [2.24, 2.45) is 12.8 Å². The summed E-state index contributed by atoms with van der Waals surface area (Å²) in [5.41, 5.74) is 6.58. The summed E-state index contributed by atoms with van der Waals surface area (Å²) in [6.45, 7) is 0. The van der Waals surface area contributed by atoms with Gasteiger partial charge in [0.15, 0.2) is 0 Å². The molecule has 66 valence electrons. The van der Waals surface area contributed by atoms with E-state index in [0.29, 0.717) is 5.56 Å². The van der Waals surface area contributed by atoms with Crippen LogP contribution in [0.15, 0.2) is 24.4 Å². The molecular formula is C9H9N3O. The first kappa shape index (κ1) is 7.79. The van der Waals surface area contributed by atoms with Gasteiger partial charge >= 0.3 is 0 Å². The summed E-state index contributed by atoms with van der Waals surface area (Å²) in [6, 6.07) is 5.28. The number of carbonyl (C=O) groups excluding carboxylic acids is 1. The molecule has 0 atom stereocenters. The summed E-state index contributed by atoms with van der Waals surface area (Å²) in [6.07, 6.45) is 1.75. The van der Waals surface area contributed by atoms with Crippen molar-refractivity contribution in [3.63, 3.8) is 0 Å². The Labute approximate surface area is 75.0 Å². The minimum Gasteiger partial charge on any atom is -0.366 e. The van der Waals surface area contributed by atoms with E-state index in [0.717, 1.165) is 10.9 Å². The maximum Gasteiger partial charge on any atom is 0.248 e. The van der Waals surface area contributed by atoms with Crippen LogP contribution in [0.5, 0.6) is 0 Å². The number of nitrogens with two attached hydrogens (primary N) is 1. The molecule has 1 aromatic carbocycles. The molecule has 0 aliphatic heterocycles. The van der Waals surface area contributed by atoms with Crippen LogP contribution in [-0.2, 0) is 7.05 Å². The number of nitrogens with zero attached hydrogens (tertiary/aromatic N) is 2. The summed E-state index contributed by atoms with van der Waals surface area (Å²) in [5.74, 6) is -0.414. The van der Waals surface area contributed by atoms with E-state index in [4.69, 9.17) is 5.73 Å². The van der Waals surface area contributed by atoms with E-state index in [1.54, 1.807) is 23.0 Å². The van der Waals surface area contributed by atoms with Crippen LogP contribution in [0.25, 0.3) is 10.9 Å². The Bertz CT molecular complexity index is 473. The predicted octanol–water partition coefficient (Wildman–Crippen LogP) is 0.672. The first-order chi connectivity index (χ1) is 6.18. The molecule has 0 saturated carbocycles. The highest BCUT2D eigenvalue weighted by molar-refractivity contribution is 5.96. The fraction of sp³-hybridized carbons (Fsp3) is 0.111. The van der Waals surface area contributed by atoms with Gasteiger partial charge in [-0.1, -0.05) is 6.07 Å². The van der Waals surface area contributed by atoms with E-state index in [1.807, 2.05) is 13.1 Å². The lowest BCUT2D eigenvalue weighted by Crippen LogP contribution is -2.10. The van der Waals surface area contributed by atoms with Crippen LogP contribution < -0.4 is 5.73 Å². The van der Waals surface area contributed by atoms with E-state index >= 15 is 0 Å². The smallest absolute Gasteiger partial charge is 0.248 e. The quantitative estimate of drug-likeness (QED) is 0.692. The highest BCUT2D eigenvalue weighted by Gasteiger charge is 2.03. The van der Waals surface area contributed by atoms with Crippen molar-refractivity contribution < 1.29 is 4.79 Å². The lowest BCUT2D eigenvalue weighted by atomic mass is 10.1. The van der Waals surface area contributed by atoms with Gasteiger partial charge in [-0.3, -0.25) is 9.48 Å². The van der Waals surface area contributed by atoms with Gasteiger partial charge in [-0.15, -0.1) is 0 Å². The minimum absolute atomic E-state index is 0.414. The third-order valence-electron chi connectivity index (χ3n) is 2.03. The SMILES string of the molecule is Cn1ncc2ccc(C(N)=O)cc21. The number of fused-ring (bicyclic) bond motifs is 1. The summed E-state index contributed by atoms with van der Waals surface area (Å²) in [5, 5.41) is 5.07. The molecular weight excluding hydrogens is 166 g/mol. The van der Waals surface area contributed by atoms with Crippen molar-refractivity contribution in [2.75, 3.05) is 0 Å². The molecule has 0 radical (unpaired) electrons. The largest absolute Gasteiger partial charge is 0.366 e. The van der Waals surface area contributed by atoms with Gasteiger partial charge in [0.25, 0.3) is 0 Å². The zero-order chi connectivity index (χ0) is 9.42. The number of hydrogen-bond donors (Lipinski definition) is 1. The summed E-state index contributed by atoms with van der Waals surface area (Å²) < 4.78 is 1.71. The molecule has 13 heavy (non-hydrogen) atoms. The van der Waals surface area contributed by atoms with Crippen molar-refractivity contribution in [3.05, 3.63) is 30.0 Å². The van der Waals surface area contributed by atoms with E-state index in [-0.39, 0.29) is 0 Å². The van der Waals surface area contributed by atoms with Crippen molar-refractivity contribution in [2.45, 2.75) is 0 Å². The minimum atomic E-state index is -0.414. The molecule has 4 heteroatoms. The molecule has 1 amide bonds. The van der Waals surface area contributed by atoms with Crippen molar-refractivity contribution >= 4 is 16.8 Å². The Morgan fingerprint density at radius 3 is 3.00 bits per heavy atom. The standard InChI is InChI=1S/C9H9N3O/c1-12-8-4-6(9(10)13)2-3-7(8)5-11-12/h2-5H,1H3,(H2,10,13). The molecule has 2 rings (SSSR count). The molecule has 0 fully saturated rings. The number of rotatable bonds is 1. The van der Waals surface area contributed by atoms with Gasteiger partial charge in [-0.2, -0.15) is 5.10 Å². The number of benzene rings is 1. The molecule has 1 heterocycles. The lowest BCUT2D eigenvalue weighted by molar-refractivity contribution is 0.100. The normalized spacial score (nSPS) is 10.5. The number of aromatic nitrogens is 2. The molecule has 2 aromatic rings. The fourth-order valence-corrected chi connectivity index (χ4v) is 1.30. The molecule has 0 saturated heterocycles. The molecule has 1 aromatic heterocycles. The van der Waals surface area contributed by atoms with Gasteiger partial charge in [0.2, 0.25) is 5.91 Å². The van der Waals surface area contributed by atoms with Gasteiger partial charge < -0.3 is 5.73 Å². The van der Waals surface area contributed by atoms with Gasteiger partial charge in [0, 0.05) is 18.0 Å². The molecule has 4 nitrogen and oxygen atoms in total. The number of aryl methyl sites for hydroxylation is 1. The Kier molecular flexibility index (Phi) is 1.55. The summed E-state index contributed by atoms with van der Waals surface area (Å²) in [4.78, 5) is 10.9. The highest BCUT2D eigenvalue weighted by Crippen LogP contribution is 2.14. The number of primary amides is 1. The van der Waals surface area contributed by atoms with Crippen LogP contribution >= 0.6 is 0 Å². The molecule has 0 unspecified atom stereocenters. The first-order valence-corrected chi connectivity index (χ1v) is 3.90. The van der Waals surface area contributed by atoms with Crippen LogP contribution in [0.4, 0.5) is 0 Å². The average molecular weight is 175 g/mol.